The Kier molecular flexibility index (Phi) is 8.80. The van der Waals surface area contributed by atoms with Gasteiger partial charge in [-0.25, -0.2) is 9.48 Å². The quantitative estimate of drug-likeness (QED) is 0.192. The van der Waals surface area contributed by atoms with Crippen LogP contribution in [0.25, 0.3) is 0 Å². The number of amides is 2. The van der Waals surface area contributed by atoms with Gasteiger partial charge in [-0.1, -0.05) is 11.8 Å². The van der Waals surface area contributed by atoms with Crippen molar-refractivity contribution in [2.45, 2.75) is 35.3 Å². The smallest absolute Gasteiger partial charge is 0.442 e. The van der Waals surface area contributed by atoms with Gasteiger partial charge in [-0.05, 0) is 34.7 Å². The SMILES string of the molecule is CCOP(=O)(O)Cn1nnnc1SCC1=C(C(=O)O)N2C(=O)[C@@H](NC(=O)CSC(F)(F)F)[C@H]2SC1. The third-order valence-corrected chi connectivity index (χ3v) is 8.86. The molecule has 2 aliphatic heterocycles. The number of tetrazole rings is 1. The van der Waals surface area contributed by atoms with Gasteiger partial charge >= 0.3 is 19.1 Å². The van der Waals surface area contributed by atoms with Gasteiger partial charge in [0.1, 0.15) is 23.4 Å². The molecule has 0 bridgehead atoms. The van der Waals surface area contributed by atoms with E-state index < -0.39 is 66.1 Å². The number of aromatic nitrogens is 4. The number of rotatable bonds is 11. The van der Waals surface area contributed by atoms with Crippen LogP contribution >= 0.6 is 42.9 Å². The van der Waals surface area contributed by atoms with Crippen LogP contribution in [0, 0.1) is 0 Å². The van der Waals surface area contributed by atoms with Gasteiger partial charge in [0.15, 0.2) is 0 Å². The van der Waals surface area contributed by atoms with Crippen LogP contribution in [0.5, 0.6) is 0 Å². The number of nitrogens with one attached hydrogen (secondary N) is 1. The van der Waals surface area contributed by atoms with Crippen LogP contribution in [0.2, 0.25) is 0 Å². The molecule has 1 aromatic rings. The summed E-state index contributed by atoms with van der Waals surface area (Å²) in [5.74, 6) is -3.90. The summed E-state index contributed by atoms with van der Waals surface area (Å²) in [5.41, 5.74) is -4.57. The maximum Gasteiger partial charge on any atom is 0.442 e. The minimum atomic E-state index is -4.60. The van der Waals surface area contributed by atoms with Gasteiger partial charge in [-0.15, -0.1) is 16.9 Å². The molecule has 13 nitrogen and oxygen atoms in total. The Balaban J connectivity index is 1.67. The Hall–Kier alpha value is -1.79. The number of carboxylic acid groups (broad SMARTS) is 1. The van der Waals surface area contributed by atoms with E-state index in [2.05, 4.69) is 20.8 Å². The summed E-state index contributed by atoms with van der Waals surface area (Å²) in [6, 6.07) is -1.14. The number of fused-ring (bicyclic) bond motifs is 1. The largest absolute Gasteiger partial charge is 0.477 e. The highest BCUT2D eigenvalue weighted by Crippen LogP contribution is 2.44. The summed E-state index contributed by atoms with van der Waals surface area (Å²) in [6.07, 6.45) is -0.517. The molecular weight excluding hydrogens is 560 g/mol. The summed E-state index contributed by atoms with van der Waals surface area (Å²) in [5, 5.41) is 22.1. The van der Waals surface area contributed by atoms with E-state index in [-0.39, 0.29) is 29.0 Å². The summed E-state index contributed by atoms with van der Waals surface area (Å²) < 4.78 is 54.6. The van der Waals surface area contributed by atoms with Gasteiger partial charge in [0, 0.05) is 11.5 Å². The molecule has 0 saturated carbocycles. The molecule has 3 atom stereocenters. The van der Waals surface area contributed by atoms with E-state index in [1.54, 1.807) is 6.92 Å². The van der Waals surface area contributed by atoms with Gasteiger partial charge in [0.05, 0.1) is 12.4 Å². The Morgan fingerprint density at radius 2 is 2.11 bits per heavy atom. The normalized spacial score (nSPS) is 21.9. The molecule has 1 unspecified atom stereocenters. The number of hydrogen-bond acceptors (Lipinski definition) is 11. The molecule has 3 heterocycles. The average molecular weight is 579 g/mol. The van der Waals surface area contributed by atoms with Crippen LogP contribution in [-0.4, -0.2) is 93.7 Å². The fraction of sp³-hybridized carbons (Fsp3) is 0.600. The zero-order chi connectivity index (χ0) is 26.0. The van der Waals surface area contributed by atoms with Gasteiger partial charge in [0.2, 0.25) is 11.1 Å². The van der Waals surface area contributed by atoms with E-state index >= 15 is 0 Å². The van der Waals surface area contributed by atoms with Crippen LogP contribution in [0.4, 0.5) is 13.2 Å². The molecule has 0 aromatic carbocycles. The average Bonchev–Trinajstić information content (AvgIpc) is 3.19. The topological polar surface area (TPSA) is 177 Å². The Morgan fingerprint density at radius 3 is 2.74 bits per heavy atom. The van der Waals surface area contributed by atoms with Crippen LogP contribution in [0.15, 0.2) is 16.4 Å². The zero-order valence-corrected chi connectivity index (χ0v) is 21.0. The maximum atomic E-state index is 12.6. The molecule has 3 rings (SSSR count). The maximum absolute atomic E-state index is 12.6. The fourth-order valence-electron chi connectivity index (χ4n) is 3.11. The highest BCUT2D eigenvalue weighted by molar-refractivity contribution is 8.01. The minimum absolute atomic E-state index is 0.00188. The molecule has 0 radical (unpaired) electrons. The molecule has 20 heteroatoms. The molecule has 1 fully saturated rings. The molecule has 194 valence electrons. The predicted molar refractivity (Wildman–Crippen MR) is 118 cm³/mol. The molecule has 1 aromatic heterocycles. The molecule has 3 N–H and O–H groups in total. The fourth-order valence-corrected chi connectivity index (χ4v) is 6.96. The number of halogens is 3. The van der Waals surface area contributed by atoms with Crippen molar-refractivity contribution in [2.75, 3.05) is 23.9 Å². The summed E-state index contributed by atoms with van der Waals surface area (Å²) in [4.78, 5) is 47.0. The number of thioether (sulfide) groups is 3. The van der Waals surface area contributed by atoms with Crippen molar-refractivity contribution in [2.24, 2.45) is 0 Å². The predicted octanol–water partition coefficient (Wildman–Crippen LogP) is 0.936. The second-order valence-corrected chi connectivity index (χ2v) is 11.8. The number of nitrogens with zero attached hydrogens (tertiary/aromatic N) is 5. The highest BCUT2D eigenvalue weighted by Gasteiger charge is 2.54. The number of β-lactam (4-membered cyclic amide) rings is 1. The van der Waals surface area contributed by atoms with Crippen molar-refractivity contribution in [1.29, 1.82) is 0 Å². The molecule has 1 saturated heterocycles. The third-order valence-electron chi connectivity index (χ3n) is 4.45. The van der Waals surface area contributed by atoms with Crippen molar-refractivity contribution in [3.05, 3.63) is 11.3 Å². The van der Waals surface area contributed by atoms with E-state index in [0.717, 1.165) is 33.1 Å². The molecule has 0 spiro atoms. The van der Waals surface area contributed by atoms with E-state index in [1.807, 2.05) is 0 Å². The number of carbonyl (C=O) groups is 3. The first-order valence-corrected chi connectivity index (χ1v) is 14.4. The van der Waals surface area contributed by atoms with Crippen LogP contribution in [0.3, 0.4) is 0 Å². The first-order chi connectivity index (χ1) is 16.3. The lowest BCUT2D eigenvalue weighted by molar-refractivity contribution is -0.150. The lowest BCUT2D eigenvalue weighted by Gasteiger charge is -2.49. The van der Waals surface area contributed by atoms with Crippen molar-refractivity contribution >= 4 is 60.7 Å². The second kappa shape index (κ2) is 11.1. The Bertz CT molecular complexity index is 1090. The number of aliphatic carboxylic acids is 1. The standard InChI is InChI=1S/C15H18F3N6O7PS3/c1-2-31-32(29,30)6-23-14(20-21-22-23)34-4-7-3-33-12-9(11(26)24(12)10(7)13(27)28)19-8(25)5-35-15(16,17)18/h9,12H,2-6H2,1H3,(H,19,25)(H,27,28)(H,29,30)/t9-,12-/m1/s1. The number of carbonyl (C=O) groups excluding carboxylic acids is 2. The minimum Gasteiger partial charge on any atom is -0.477 e. The number of carboxylic acids is 1. The van der Waals surface area contributed by atoms with Crippen LogP contribution in [0.1, 0.15) is 6.92 Å². The van der Waals surface area contributed by atoms with Crippen molar-refractivity contribution < 1.29 is 46.6 Å². The Labute approximate surface area is 208 Å². The lowest BCUT2D eigenvalue weighted by atomic mass is 10.0. The lowest BCUT2D eigenvalue weighted by Crippen LogP contribution is -2.70. The van der Waals surface area contributed by atoms with E-state index in [0.29, 0.717) is 5.57 Å². The first kappa shape index (κ1) is 27.8. The van der Waals surface area contributed by atoms with Gasteiger partial charge in [0.25, 0.3) is 5.91 Å². The van der Waals surface area contributed by atoms with Crippen LogP contribution < -0.4 is 5.32 Å². The summed E-state index contributed by atoms with van der Waals surface area (Å²) in [6.45, 7) is 1.54. The third kappa shape index (κ3) is 6.91. The van der Waals surface area contributed by atoms with E-state index in [9.17, 15) is 42.1 Å². The summed E-state index contributed by atoms with van der Waals surface area (Å²) in [7, 11) is -4.00. The molecule has 0 aliphatic carbocycles. The van der Waals surface area contributed by atoms with Crippen molar-refractivity contribution in [3.8, 4) is 0 Å². The zero-order valence-electron chi connectivity index (χ0n) is 17.7. The Morgan fingerprint density at radius 1 is 1.40 bits per heavy atom. The van der Waals surface area contributed by atoms with Crippen LogP contribution in [-0.2, 0) is 29.8 Å². The number of hydrogen-bond donors (Lipinski definition) is 3. The van der Waals surface area contributed by atoms with E-state index in [4.69, 9.17) is 4.52 Å². The second-order valence-electron chi connectivity index (χ2n) is 6.89. The molecule has 2 aliphatic rings. The van der Waals surface area contributed by atoms with Crippen molar-refractivity contribution in [1.82, 2.24) is 30.4 Å². The highest BCUT2D eigenvalue weighted by atomic mass is 32.2. The van der Waals surface area contributed by atoms with Gasteiger partial charge in [-0.2, -0.15) is 13.2 Å². The van der Waals surface area contributed by atoms with Gasteiger partial charge < -0.3 is 19.8 Å². The summed E-state index contributed by atoms with van der Waals surface area (Å²) >= 11 is 1.58. The van der Waals surface area contributed by atoms with Gasteiger partial charge in [-0.3, -0.25) is 19.1 Å². The van der Waals surface area contributed by atoms with Crippen molar-refractivity contribution in [3.63, 3.8) is 0 Å². The monoisotopic (exact) mass is 578 g/mol. The molecular formula is C15H18F3N6O7PS3. The number of alkyl halides is 3. The van der Waals surface area contributed by atoms with E-state index in [1.165, 1.54) is 0 Å². The molecule has 35 heavy (non-hydrogen) atoms. The molecule has 2 amide bonds. The first-order valence-electron chi connectivity index (χ1n) is 9.58.